The van der Waals surface area contributed by atoms with Gasteiger partial charge in [-0.2, -0.15) is 0 Å². The Morgan fingerprint density at radius 3 is 2.84 bits per heavy atom. The molecule has 4 heteroatoms. The second-order valence-electron chi connectivity index (χ2n) is 5.01. The predicted octanol–water partition coefficient (Wildman–Crippen LogP) is 2.57. The summed E-state index contributed by atoms with van der Waals surface area (Å²) < 4.78 is 5.49. The smallest absolute Gasteiger partial charge is 0.144 e. The molecule has 0 unspecified atom stereocenters. The van der Waals surface area contributed by atoms with Crippen LogP contribution >= 0.6 is 0 Å². The van der Waals surface area contributed by atoms with Crippen molar-refractivity contribution in [2.24, 2.45) is 0 Å². The second-order valence-corrected chi connectivity index (χ2v) is 5.01. The third-order valence-electron chi connectivity index (χ3n) is 3.49. The molecule has 0 aromatic heterocycles. The summed E-state index contributed by atoms with van der Waals surface area (Å²) in [6, 6.07) is 5.89. The van der Waals surface area contributed by atoms with Gasteiger partial charge < -0.3 is 20.7 Å². The number of nitrogens with zero attached hydrogens (tertiary/aromatic N) is 1. The van der Waals surface area contributed by atoms with Crippen molar-refractivity contribution in [3.05, 3.63) is 18.2 Å². The van der Waals surface area contributed by atoms with Gasteiger partial charge in [0.1, 0.15) is 5.75 Å². The van der Waals surface area contributed by atoms with E-state index in [1.165, 1.54) is 38.9 Å². The fourth-order valence-electron chi connectivity index (χ4n) is 2.47. The van der Waals surface area contributed by atoms with E-state index in [4.69, 9.17) is 10.5 Å². The highest BCUT2D eigenvalue weighted by Gasteiger charge is 2.10. The molecule has 2 rings (SSSR count). The zero-order chi connectivity index (χ0) is 13.5. The number of ether oxygens (including phenoxy) is 1. The summed E-state index contributed by atoms with van der Waals surface area (Å²) in [5.74, 6) is 0.770. The van der Waals surface area contributed by atoms with E-state index >= 15 is 0 Å². The SMILES string of the molecule is CCOc1cc(NCCCN2CCCC2)ccc1N. The quantitative estimate of drug-likeness (QED) is 0.586. The first-order valence-electron chi connectivity index (χ1n) is 7.28. The van der Waals surface area contributed by atoms with Crippen molar-refractivity contribution in [2.45, 2.75) is 26.2 Å². The van der Waals surface area contributed by atoms with Gasteiger partial charge in [0.15, 0.2) is 0 Å². The molecule has 3 N–H and O–H groups in total. The summed E-state index contributed by atoms with van der Waals surface area (Å²) in [6.45, 7) is 7.34. The zero-order valence-corrected chi connectivity index (χ0v) is 11.8. The average Bonchev–Trinajstić information content (AvgIpc) is 2.92. The molecule has 1 aromatic carbocycles. The molecule has 1 fully saturated rings. The molecule has 0 amide bonds. The van der Waals surface area contributed by atoms with Crippen LogP contribution in [-0.2, 0) is 0 Å². The van der Waals surface area contributed by atoms with Crippen LogP contribution in [0.15, 0.2) is 18.2 Å². The number of nitrogens with one attached hydrogen (secondary N) is 1. The molecule has 0 atom stereocenters. The number of likely N-dealkylation sites (tertiary alicyclic amines) is 1. The van der Waals surface area contributed by atoms with Crippen LogP contribution < -0.4 is 15.8 Å². The molecule has 4 nitrogen and oxygen atoms in total. The minimum absolute atomic E-state index is 0.641. The van der Waals surface area contributed by atoms with Crippen molar-refractivity contribution in [3.63, 3.8) is 0 Å². The molecule has 1 aliphatic rings. The summed E-state index contributed by atoms with van der Waals surface area (Å²) in [4.78, 5) is 2.54. The maximum absolute atomic E-state index is 5.85. The standard InChI is InChI=1S/C15H25N3O/c1-2-19-15-12-13(6-7-14(15)16)17-8-5-11-18-9-3-4-10-18/h6-7,12,17H,2-5,8-11,16H2,1H3. The van der Waals surface area contributed by atoms with Crippen LogP contribution in [0.25, 0.3) is 0 Å². The maximum Gasteiger partial charge on any atom is 0.144 e. The number of benzene rings is 1. The number of hydrogen-bond donors (Lipinski definition) is 2. The molecule has 1 aliphatic heterocycles. The summed E-state index contributed by atoms with van der Waals surface area (Å²) >= 11 is 0. The van der Waals surface area contributed by atoms with Crippen LogP contribution in [0.1, 0.15) is 26.2 Å². The normalized spacial score (nSPS) is 15.6. The molecule has 1 heterocycles. The summed E-state index contributed by atoms with van der Waals surface area (Å²) in [6.07, 6.45) is 3.90. The lowest BCUT2D eigenvalue weighted by Crippen LogP contribution is -2.22. The fourth-order valence-corrected chi connectivity index (χ4v) is 2.47. The number of rotatable bonds is 7. The van der Waals surface area contributed by atoms with E-state index in [2.05, 4.69) is 10.2 Å². The molecule has 0 aliphatic carbocycles. The minimum Gasteiger partial charge on any atom is -0.492 e. The van der Waals surface area contributed by atoms with E-state index in [1.54, 1.807) is 0 Å². The first-order valence-corrected chi connectivity index (χ1v) is 7.28. The largest absolute Gasteiger partial charge is 0.492 e. The molecular formula is C15H25N3O. The van der Waals surface area contributed by atoms with Crippen LogP contribution in [0, 0.1) is 0 Å². The van der Waals surface area contributed by atoms with Crippen molar-refractivity contribution >= 4 is 11.4 Å². The molecule has 0 bridgehead atoms. The number of anilines is 2. The Balaban J connectivity index is 1.74. The molecule has 0 saturated carbocycles. The molecular weight excluding hydrogens is 238 g/mol. The summed E-state index contributed by atoms with van der Waals surface area (Å²) in [5, 5.41) is 3.43. The highest BCUT2D eigenvalue weighted by molar-refractivity contribution is 5.61. The first-order chi connectivity index (χ1) is 9.29. The average molecular weight is 263 g/mol. The monoisotopic (exact) mass is 263 g/mol. The Bertz CT molecular complexity index is 389. The highest BCUT2D eigenvalue weighted by atomic mass is 16.5. The van der Waals surface area contributed by atoms with E-state index in [1.807, 2.05) is 25.1 Å². The van der Waals surface area contributed by atoms with E-state index in [9.17, 15) is 0 Å². The second kappa shape index (κ2) is 7.24. The van der Waals surface area contributed by atoms with Crippen LogP contribution in [-0.4, -0.2) is 37.7 Å². The van der Waals surface area contributed by atoms with E-state index in [0.29, 0.717) is 12.3 Å². The molecule has 1 saturated heterocycles. The van der Waals surface area contributed by atoms with E-state index < -0.39 is 0 Å². The Morgan fingerprint density at radius 2 is 2.11 bits per heavy atom. The van der Waals surface area contributed by atoms with E-state index in [-0.39, 0.29) is 0 Å². The maximum atomic E-state index is 5.85. The predicted molar refractivity (Wildman–Crippen MR) is 80.8 cm³/mol. The zero-order valence-electron chi connectivity index (χ0n) is 11.8. The van der Waals surface area contributed by atoms with Gasteiger partial charge in [0.05, 0.1) is 12.3 Å². The fraction of sp³-hybridized carbons (Fsp3) is 0.600. The van der Waals surface area contributed by atoms with Crippen LogP contribution in [0.4, 0.5) is 11.4 Å². The minimum atomic E-state index is 0.641. The van der Waals surface area contributed by atoms with Crippen molar-refractivity contribution in [2.75, 3.05) is 43.8 Å². The number of nitrogen functional groups attached to an aromatic ring is 1. The highest BCUT2D eigenvalue weighted by Crippen LogP contribution is 2.25. The van der Waals surface area contributed by atoms with Gasteiger partial charge >= 0.3 is 0 Å². The lowest BCUT2D eigenvalue weighted by molar-refractivity contribution is 0.337. The van der Waals surface area contributed by atoms with Crippen molar-refractivity contribution in [1.29, 1.82) is 0 Å². The van der Waals surface area contributed by atoms with Gasteiger partial charge in [-0.05, 0) is 58.0 Å². The van der Waals surface area contributed by atoms with Crippen molar-refractivity contribution in [1.82, 2.24) is 4.90 Å². The first kappa shape index (κ1) is 14.0. The Hall–Kier alpha value is -1.42. The van der Waals surface area contributed by atoms with Crippen LogP contribution in [0.5, 0.6) is 5.75 Å². The van der Waals surface area contributed by atoms with Gasteiger partial charge in [-0.1, -0.05) is 0 Å². The molecule has 0 radical (unpaired) electrons. The van der Waals surface area contributed by atoms with Crippen molar-refractivity contribution < 1.29 is 4.74 Å². The van der Waals surface area contributed by atoms with Gasteiger partial charge in [0, 0.05) is 18.3 Å². The van der Waals surface area contributed by atoms with Gasteiger partial charge in [0.2, 0.25) is 0 Å². The lowest BCUT2D eigenvalue weighted by Gasteiger charge is -2.15. The number of hydrogen-bond acceptors (Lipinski definition) is 4. The van der Waals surface area contributed by atoms with E-state index in [0.717, 1.165) is 18.0 Å². The molecule has 106 valence electrons. The number of nitrogens with two attached hydrogens (primary N) is 1. The van der Waals surface area contributed by atoms with Crippen molar-refractivity contribution in [3.8, 4) is 5.75 Å². The Labute approximate surface area is 115 Å². The molecule has 0 spiro atoms. The van der Waals surface area contributed by atoms with Gasteiger partial charge in [-0.3, -0.25) is 0 Å². The Morgan fingerprint density at radius 1 is 1.32 bits per heavy atom. The summed E-state index contributed by atoms with van der Waals surface area (Å²) in [7, 11) is 0. The van der Waals surface area contributed by atoms with Crippen LogP contribution in [0.3, 0.4) is 0 Å². The summed E-state index contributed by atoms with van der Waals surface area (Å²) in [5.41, 5.74) is 7.63. The lowest BCUT2D eigenvalue weighted by atomic mass is 10.2. The third-order valence-corrected chi connectivity index (χ3v) is 3.49. The molecule has 19 heavy (non-hydrogen) atoms. The van der Waals surface area contributed by atoms with Gasteiger partial charge in [-0.25, -0.2) is 0 Å². The van der Waals surface area contributed by atoms with Gasteiger partial charge in [-0.15, -0.1) is 0 Å². The molecule has 1 aromatic rings. The Kier molecular flexibility index (Phi) is 5.33. The topological polar surface area (TPSA) is 50.5 Å². The third kappa shape index (κ3) is 4.31. The van der Waals surface area contributed by atoms with Crippen LogP contribution in [0.2, 0.25) is 0 Å². The van der Waals surface area contributed by atoms with Gasteiger partial charge in [0.25, 0.3) is 0 Å².